The van der Waals surface area contributed by atoms with Crippen molar-refractivity contribution in [1.82, 2.24) is 10.3 Å². The van der Waals surface area contributed by atoms with Crippen molar-refractivity contribution in [3.8, 4) is 0 Å². The Labute approximate surface area is 117 Å². The number of hydrogen-bond acceptors (Lipinski definition) is 5. The van der Waals surface area contributed by atoms with Gasteiger partial charge >= 0.3 is 0 Å². The van der Waals surface area contributed by atoms with Crippen molar-refractivity contribution in [3.05, 3.63) is 16.1 Å². The zero-order valence-corrected chi connectivity index (χ0v) is 12.0. The first-order chi connectivity index (χ1) is 9.16. The van der Waals surface area contributed by atoms with Crippen molar-refractivity contribution in [1.29, 1.82) is 0 Å². The number of aromatic nitrogens is 1. The summed E-state index contributed by atoms with van der Waals surface area (Å²) in [6.07, 6.45) is 3.45. The van der Waals surface area contributed by atoms with Gasteiger partial charge in [0.05, 0.1) is 6.04 Å². The van der Waals surface area contributed by atoms with E-state index in [1.807, 2.05) is 6.92 Å². The third kappa shape index (κ3) is 4.89. The summed E-state index contributed by atoms with van der Waals surface area (Å²) in [5.74, 6) is 0.659. The second-order valence-electron chi connectivity index (χ2n) is 4.99. The van der Waals surface area contributed by atoms with Gasteiger partial charge in [0.15, 0.2) is 0 Å². The minimum Gasteiger partial charge on any atom is -0.381 e. The first-order valence-corrected chi connectivity index (χ1v) is 7.61. The van der Waals surface area contributed by atoms with Gasteiger partial charge in [0.2, 0.25) is 0 Å². The molecular formula is C13H21N3O2S. The molecule has 1 aliphatic rings. The number of amides is 1. The molecule has 1 aromatic heterocycles. The van der Waals surface area contributed by atoms with E-state index < -0.39 is 0 Å². The number of rotatable bonds is 8. The highest BCUT2D eigenvalue weighted by atomic mass is 32.1. The Hall–Kier alpha value is -0.980. The monoisotopic (exact) mass is 283 g/mol. The molecular weight excluding hydrogens is 262 g/mol. The van der Waals surface area contributed by atoms with E-state index in [1.165, 1.54) is 24.2 Å². The predicted octanol–water partition coefficient (Wildman–Crippen LogP) is 1.71. The SMILES string of the molecule is CC(N)c1nc(C(=O)NCCCOCC2CC2)cs1. The fourth-order valence-electron chi connectivity index (χ4n) is 1.60. The molecule has 0 spiro atoms. The van der Waals surface area contributed by atoms with Gasteiger partial charge in [-0.1, -0.05) is 0 Å². The summed E-state index contributed by atoms with van der Waals surface area (Å²) >= 11 is 1.42. The minimum atomic E-state index is -0.134. The summed E-state index contributed by atoms with van der Waals surface area (Å²) in [4.78, 5) is 16.0. The molecule has 1 aliphatic carbocycles. The summed E-state index contributed by atoms with van der Waals surface area (Å²) in [5, 5.41) is 5.38. The third-order valence-electron chi connectivity index (χ3n) is 2.95. The highest BCUT2D eigenvalue weighted by Gasteiger charge is 2.20. The molecule has 0 bridgehead atoms. The Morgan fingerprint density at radius 1 is 1.68 bits per heavy atom. The first-order valence-electron chi connectivity index (χ1n) is 6.73. The molecule has 1 atom stereocenters. The molecule has 6 heteroatoms. The fourth-order valence-corrected chi connectivity index (χ4v) is 2.36. The summed E-state index contributed by atoms with van der Waals surface area (Å²) in [7, 11) is 0. The Morgan fingerprint density at radius 3 is 3.11 bits per heavy atom. The number of thiazole rings is 1. The van der Waals surface area contributed by atoms with Crippen LogP contribution >= 0.6 is 11.3 Å². The molecule has 0 radical (unpaired) electrons. The van der Waals surface area contributed by atoms with Crippen molar-refractivity contribution >= 4 is 17.2 Å². The zero-order chi connectivity index (χ0) is 13.7. The van der Waals surface area contributed by atoms with Crippen LogP contribution in [0.25, 0.3) is 0 Å². The molecule has 0 aliphatic heterocycles. The molecule has 2 rings (SSSR count). The second-order valence-corrected chi connectivity index (χ2v) is 5.88. The lowest BCUT2D eigenvalue weighted by Crippen LogP contribution is -2.25. The van der Waals surface area contributed by atoms with Crippen molar-refractivity contribution < 1.29 is 9.53 Å². The molecule has 3 N–H and O–H groups in total. The topological polar surface area (TPSA) is 77.2 Å². The van der Waals surface area contributed by atoms with Crippen molar-refractivity contribution in [2.75, 3.05) is 19.8 Å². The van der Waals surface area contributed by atoms with Gasteiger partial charge in [-0.05, 0) is 32.1 Å². The summed E-state index contributed by atoms with van der Waals surface area (Å²) in [6.45, 7) is 4.06. The van der Waals surface area contributed by atoms with E-state index in [2.05, 4.69) is 10.3 Å². The van der Waals surface area contributed by atoms with E-state index in [4.69, 9.17) is 10.5 Å². The van der Waals surface area contributed by atoms with E-state index in [9.17, 15) is 4.79 Å². The molecule has 1 saturated carbocycles. The lowest BCUT2D eigenvalue weighted by Gasteiger charge is -2.04. The van der Waals surface area contributed by atoms with Crippen LogP contribution in [0.5, 0.6) is 0 Å². The maximum atomic E-state index is 11.8. The normalized spacial score (nSPS) is 16.3. The number of carbonyl (C=O) groups is 1. The van der Waals surface area contributed by atoms with Crippen LogP contribution in [0.3, 0.4) is 0 Å². The smallest absolute Gasteiger partial charge is 0.270 e. The molecule has 0 saturated heterocycles. The highest BCUT2D eigenvalue weighted by Crippen LogP contribution is 2.28. The van der Waals surface area contributed by atoms with Crippen LogP contribution in [-0.2, 0) is 4.74 Å². The van der Waals surface area contributed by atoms with Crippen LogP contribution in [0.15, 0.2) is 5.38 Å². The zero-order valence-electron chi connectivity index (χ0n) is 11.2. The largest absolute Gasteiger partial charge is 0.381 e. The van der Waals surface area contributed by atoms with E-state index in [0.717, 1.165) is 24.0 Å². The molecule has 1 heterocycles. The molecule has 1 amide bonds. The van der Waals surface area contributed by atoms with Gasteiger partial charge < -0.3 is 15.8 Å². The van der Waals surface area contributed by atoms with Gasteiger partial charge in [0.25, 0.3) is 5.91 Å². The Kier molecular flexibility index (Phi) is 5.30. The minimum absolute atomic E-state index is 0.123. The summed E-state index contributed by atoms with van der Waals surface area (Å²) < 4.78 is 5.50. The van der Waals surface area contributed by atoms with Crippen LogP contribution < -0.4 is 11.1 Å². The van der Waals surface area contributed by atoms with Gasteiger partial charge in [0.1, 0.15) is 10.7 Å². The summed E-state index contributed by atoms with van der Waals surface area (Å²) in [6, 6.07) is -0.123. The van der Waals surface area contributed by atoms with Gasteiger partial charge in [0, 0.05) is 25.1 Å². The molecule has 5 nitrogen and oxygen atoms in total. The lowest BCUT2D eigenvalue weighted by atomic mass is 10.3. The van der Waals surface area contributed by atoms with E-state index in [1.54, 1.807) is 5.38 Å². The van der Waals surface area contributed by atoms with Gasteiger partial charge in [-0.2, -0.15) is 0 Å². The van der Waals surface area contributed by atoms with E-state index in [-0.39, 0.29) is 11.9 Å². The van der Waals surface area contributed by atoms with Gasteiger partial charge in [-0.25, -0.2) is 4.98 Å². The van der Waals surface area contributed by atoms with Crippen molar-refractivity contribution in [2.45, 2.75) is 32.2 Å². The summed E-state index contributed by atoms with van der Waals surface area (Å²) in [5.41, 5.74) is 6.17. The average molecular weight is 283 g/mol. The van der Waals surface area contributed by atoms with Crippen LogP contribution in [0.2, 0.25) is 0 Å². The van der Waals surface area contributed by atoms with Crippen molar-refractivity contribution in [3.63, 3.8) is 0 Å². The number of nitrogens with zero attached hydrogens (tertiary/aromatic N) is 1. The fraction of sp³-hybridized carbons (Fsp3) is 0.692. The second kappa shape index (κ2) is 6.98. The first kappa shape index (κ1) is 14.4. The number of ether oxygens (including phenoxy) is 1. The lowest BCUT2D eigenvalue weighted by molar-refractivity contribution is 0.0933. The molecule has 106 valence electrons. The Balaban J connectivity index is 1.59. The quantitative estimate of drug-likeness (QED) is 0.712. The third-order valence-corrected chi connectivity index (χ3v) is 3.99. The molecule has 1 unspecified atom stereocenters. The average Bonchev–Trinajstić information content (AvgIpc) is 3.06. The van der Waals surface area contributed by atoms with Gasteiger partial charge in [-0.15, -0.1) is 11.3 Å². The van der Waals surface area contributed by atoms with Crippen LogP contribution in [0.4, 0.5) is 0 Å². The van der Waals surface area contributed by atoms with Crippen LogP contribution in [0.1, 0.15) is 47.7 Å². The molecule has 1 aromatic rings. The maximum absolute atomic E-state index is 11.8. The number of nitrogens with two attached hydrogens (primary N) is 1. The van der Waals surface area contributed by atoms with Crippen LogP contribution in [0, 0.1) is 5.92 Å². The Bertz CT molecular complexity index is 416. The number of carbonyl (C=O) groups excluding carboxylic acids is 1. The maximum Gasteiger partial charge on any atom is 0.270 e. The standard InChI is InChI=1S/C13H21N3O2S/c1-9(14)13-16-11(8-19-13)12(17)15-5-2-6-18-7-10-3-4-10/h8-10H,2-7,14H2,1H3,(H,15,17). The van der Waals surface area contributed by atoms with Crippen LogP contribution in [-0.4, -0.2) is 30.6 Å². The van der Waals surface area contributed by atoms with Gasteiger partial charge in [-0.3, -0.25) is 4.79 Å². The number of nitrogens with one attached hydrogen (secondary N) is 1. The van der Waals surface area contributed by atoms with Crippen molar-refractivity contribution in [2.24, 2.45) is 11.7 Å². The Morgan fingerprint density at radius 2 is 2.47 bits per heavy atom. The molecule has 19 heavy (non-hydrogen) atoms. The predicted molar refractivity (Wildman–Crippen MR) is 75.2 cm³/mol. The highest BCUT2D eigenvalue weighted by molar-refractivity contribution is 7.09. The van der Waals surface area contributed by atoms with E-state index >= 15 is 0 Å². The molecule has 0 aromatic carbocycles. The van der Waals surface area contributed by atoms with E-state index in [0.29, 0.717) is 18.8 Å². The number of hydrogen-bond donors (Lipinski definition) is 2. The molecule has 1 fully saturated rings.